The molecule has 70 valence electrons. The zero-order valence-corrected chi connectivity index (χ0v) is 8.23. The number of hydrogen-bond acceptors (Lipinski definition) is 4. The number of nitrogens with zero attached hydrogens (tertiary/aromatic N) is 4. The van der Waals surface area contributed by atoms with Crippen molar-refractivity contribution in [3.63, 3.8) is 0 Å². The predicted molar refractivity (Wildman–Crippen MR) is 52.8 cm³/mol. The normalized spacial score (nSPS) is 10.1. The van der Waals surface area contributed by atoms with E-state index in [2.05, 4.69) is 20.4 Å². The van der Waals surface area contributed by atoms with E-state index in [4.69, 9.17) is 11.6 Å². The van der Waals surface area contributed by atoms with Gasteiger partial charge < -0.3 is 0 Å². The Morgan fingerprint density at radius 3 is 2.43 bits per heavy atom. The van der Waals surface area contributed by atoms with Crippen LogP contribution >= 0.6 is 11.6 Å². The van der Waals surface area contributed by atoms with Crippen molar-refractivity contribution in [3.05, 3.63) is 35.1 Å². The van der Waals surface area contributed by atoms with Crippen molar-refractivity contribution in [3.8, 4) is 11.4 Å². The molecule has 5 heteroatoms. The Hall–Kier alpha value is -1.55. The minimum atomic E-state index is 0.484. The van der Waals surface area contributed by atoms with Crippen LogP contribution in [0.5, 0.6) is 0 Å². The molecule has 1 aromatic carbocycles. The average Bonchev–Trinajstić information content (AvgIpc) is 2.19. The molecule has 0 aliphatic rings. The molecular weight excluding hydrogens is 200 g/mol. The molecule has 0 radical (unpaired) electrons. The number of benzene rings is 1. The molecule has 0 amide bonds. The van der Waals surface area contributed by atoms with Crippen molar-refractivity contribution in [2.75, 3.05) is 0 Å². The quantitative estimate of drug-likeness (QED) is 0.715. The van der Waals surface area contributed by atoms with Crippen molar-refractivity contribution < 1.29 is 0 Å². The van der Waals surface area contributed by atoms with Gasteiger partial charge in [-0.1, -0.05) is 23.7 Å². The maximum Gasteiger partial charge on any atom is 0.203 e. The lowest BCUT2D eigenvalue weighted by Gasteiger charge is -1.97. The first-order valence-electron chi connectivity index (χ1n) is 4.05. The van der Waals surface area contributed by atoms with Crippen LogP contribution in [0.2, 0.25) is 5.02 Å². The van der Waals surface area contributed by atoms with Crippen molar-refractivity contribution in [2.24, 2.45) is 0 Å². The Bertz CT molecular complexity index is 441. The maximum absolute atomic E-state index is 5.83. The monoisotopic (exact) mass is 206 g/mol. The molecule has 0 atom stereocenters. The van der Waals surface area contributed by atoms with Gasteiger partial charge in [0.25, 0.3) is 0 Å². The molecule has 2 rings (SSSR count). The molecule has 0 bridgehead atoms. The molecule has 14 heavy (non-hydrogen) atoms. The molecule has 0 N–H and O–H groups in total. The number of aromatic nitrogens is 4. The maximum atomic E-state index is 5.83. The minimum Gasteiger partial charge on any atom is -0.131 e. The van der Waals surface area contributed by atoms with Gasteiger partial charge in [0, 0.05) is 10.6 Å². The summed E-state index contributed by atoms with van der Waals surface area (Å²) in [5.41, 5.74) is 0.817. The molecule has 1 heterocycles. The highest BCUT2D eigenvalue weighted by Crippen LogP contribution is 2.17. The van der Waals surface area contributed by atoms with Crippen molar-refractivity contribution in [2.45, 2.75) is 6.92 Å². The highest BCUT2D eigenvalue weighted by molar-refractivity contribution is 6.30. The lowest BCUT2D eigenvalue weighted by Crippen LogP contribution is -1.98. The summed E-state index contributed by atoms with van der Waals surface area (Å²) in [5, 5.41) is 16.1. The van der Waals surface area contributed by atoms with E-state index in [1.54, 1.807) is 19.1 Å². The van der Waals surface area contributed by atoms with Gasteiger partial charge in [-0.3, -0.25) is 0 Å². The van der Waals surface area contributed by atoms with Gasteiger partial charge in [-0.25, -0.2) is 0 Å². The summed E-state index contributed by atoms with van der Waals surface area (Å²) < 4.78 is 0. The molecule has 0 saturated carbocycles. The van der Waals surface area contributed by atoms with Crippen LogP contribution in [0.25, 0.3) is 11.4 Å². The van der Waals surface area contributed by atoms with Gasteiger partial charge in [-0.05, 0) is 19.1 Å². The Morgan fingerprint density at radius 2 is 1.79 bits per heavy atom. The second-order valence-electron chi connectivity index (χ2n) is 2.78. The Balaban J connectivity index is 2.44. The molecule has 2 aromatic rings. The van der Waals surface area contributed by atoms with Crippen LogP contribution in [0.3, 0.4) is 0 Å². The summed E-state index contributed by atoms with van der Waals surface area (Å²) in [7, 11) is 0. The third kappa shape index (κ3) is 1.85. The van der Waals surface area contributed by atoms with Gasteiger partial charge in [-0.2, -0.15) is 0 Å². The topological polar surface area (TPSA) is 51.6 Å². The van der Waals surface area contributed by atoms with Gasteiger partial charge in [0.1, 0.15) is 0 Å². The first kappa shape index (κ1) is 9.02. The fraction of sp³-hybridized carbons (Fsp3) is 0.111. The third-order valence-corrected chi connectivity index (χ3v) is 1.90. The van der Waals surface area contributed by atoms with E-state index < -0.39 is 0 Å². The Labute approximate surface area is 86.0 Å². The van der Waals surface area contributed by atoms with E-state index in [1.165, 1.54) is 0 Å². The summed E-state index contributed by atoms with van der Waals surface area (Å²) in [6.45, 7) is 1.74. The predicted octanol–water partition coefficient (Wildman–Crippen LogP) is 1.90. The van der Waals surface area contributed by atoms with Gasteiger partial charge in [-0.15, -0.1) is 20.4 Å². The molecule has 0 aliphatic carbocycles. The number of halogens is 1. The molecule has 0 fully saturated rings. The third-order valence-electron chi connectivity index (χ3n) is 1.66. The van der Waals surface area contributed by atoms with E-state index >= 15 is 0 Å². The van der Waals surface area contributed by atoms with Gasteiger partial charge >= 0.3 is 0 Å². The Morgan fingerprint density at radius 1 is 1.07 bits per heavy atom. The van der Waals surface area contributed by atoms with Gasteiger partial charge in [0.2, 0.25) is 5.82 Å². The molecule has 1 aromatic heterocycles. The molecular formula is C9H7ClN4. The second-order valence-corrected chi connectivity index (χ2v) is 3.22. The Kier molecular flexibility index (Phi) is 2.37. The van der Waals surface area contributed by atoms with Crippen LogP contribution < -0.4 is 0 Å². The van der Waals surface area contributed by atoms with Crippen LogP contribution in [0.15, 0.2) is 24.3 Å². The van der Waals surface area contributed by atoms with E-state index in [1.807, 2.05) is 12.1 Å². The SMILES string of the molecule is Cc1nnc(-c2cccc(Cl)c2)nn1. The summed E-state index contributed by atoms with van der Waals surface area (Å²) in [5.74, 6) is 1.04. The summed E-state index contributed by atoms with van der Waals surface area (Å²) in [6.07, 6.45) is 0. The standard InChI is InChI=1S/C9H7ClN4/c1-6-11-13-9(14-12-6)7-3-2-4-8(10)5-7/h2-5H,1H3. The van der Waals surface area contributed by atoms with E-state index in [0.29, 0.717) is 16.7 Å². The fourth-order valence-corrected chi connectivity index (χ4v) is 1.21. The first-order valence-corrected chi connectivity index (χ1v) is 4.43. The summed E-state index contributed by atoms with van der Waals surface area (Å²) >= 11 is 5.83. The van der Waals surface area contributed by atoms with Crippen LogP contribution in [-0.2, 0) is 0 Å². The van der Waals surface area contributed by atoms with Gasteiger partial charge in [0.15, 0.2) is 5.82 Å². The highest BCUT2D eigenvalue weighted by atomic mass is 35.5. The number of hydrogen-bond donors (Lipinski definition) is 0. The summed E-state index contributed by atoms with van der Waals surface area (Å²) in [6, 6.07) is 7.26. The van der Waals surface area contributed by atoms with E-state index in [9.17, 15) is 0 Å². The lowest BCUT2D eigenvalue weighted by atomic mass is 10.2. The zero-order chi connectivity index (χ0) is 9.97. The second kappa shape index (κ2) is 3.67. The van der Waals surface area contributed by atoms with Crippen LogP contribution in [0.4, 0.5) is 0 Å². The molecule has 4 nitrogen and oxygen atoms in total. The smallest absolute Gasteiger partial charge is 0.131 e. The molecule has 0 saturated heterocycles. The minimum absolute atomic E-state index is 0.484. The average molecular weight is 207 g/mol. The number of rotatable bonds is 1. The zero-order valence-electron chi connectivity index (χ0n) is 7.48. The summed E-state index contributed by atoms with van der Waals surface area (Å²) in [4.78, 5) is 0. The van der Waals surface area contributed by atoms with Crippen LogP contribution in [0, 0.1) is 6.92 Å². The van der Waals surface area contributed by atoms with E-state index in [-0.39, 0.29) is 0 Å². The molecule has 0 unspecified atom stereocenters. The van der Waals surface area contributed by atoms with Gasteiger partial charge in [0.05, 0.1) is 0 Å². The van der Waals surface area contributed by atoms with Crippen molar-refractivity contribution in [1.29, 1.82) is 0 Å². The molecule has 0 spiro atoms. The fourth-order valence-electron chi connectivity index (χ4n) is 1.02. The molecule has 0 aliphatic heterocycles. The first-order chi connectivity index (χ1) is 6.75. The van der Waals surface area contributed by atoms with Crippen molar-refractivity contribution >= 4 is 11.6 Å². The lowest BCUT2D eigenvalue weighted by molar-refractivity contribution is 0.816. The van der Waals surface area contributed by atoms with E-state index in [0.717, 1.165) is 5.56 Å². The van der Waals surface area contributed by atoms with Crippen LogP contribution in [-0.4, -0.2) is 20.4 Å². The number of aryl methyl sites for hydroxylation is 1. The van der Waals surface area contributed by atoms with Crippen molar-refractivity contribution in [1.82, 2.24) is 20.4 Å². The highest BCUT2D eigenvalue weighted by Gasteiger charge is 2.02. The largest absolute Gasteiger partial charge is 0.203 e. The van der Waals surface area contributed by atoms with Crippen LogP contribution in [0.1, 0.15) is 5.82 Å².